The summed E-state index contributed by atoms with van der Waals surface area (Å²) in [5.74, 6) is 0.686. The second-order valence-electron chi connectivity index (χ2n) is 14.3. The van der Waals surface area contributed by atoms with Crippen molar-refractivity contribution in [1.29, 1.82) is 0 Å². The quantitative estimate of drug-likeness (QED) is 0.184. The molecule has 2 heterocycles. The monoisotopic (exact) mass is 699 g/mol. The molecule has 0 bridgehead atoms. The molecule has 256 valence electrons. The van der Waals surface area contributed by atoms with E-state index in [4.69, 9.17) is 9.97 Å². The first-order valence-electron chi connectivity index (χ1n) is 18.8. The lowest BCUT2D eigenvalue weighted by molar-refractivity contribution is 0.775. The van der Waals surface area contributed by atoms with Crippen molar-refractivity contribution in [2.75, 3.05) is 0 Å². The van der Waals surface area contributed by atoms with Crippen LogP contribution in [0.1, 0.15) is 22.3 Å². The molecule has 0 saturated heterocycles. The van der Waals surface area contributed by atoms with Crippen molar-refractivity contribution < 1.29 is 0 Å². The number of hydrogen-bond donors (Lipinski definition) is 0. The molecule has 0 unspecified atom stereocenters. The van der Waals surface area contributed by atoms with Crippen molar-refractivity contribution in [3.63, 3.8) is 0 Å². The lowest BCUT2D eigenvalue weighted by Gasteiger charge is -2.35. The average Bonchev–Trinajstić information content (AvgIpc) is 3.52. The topological polar surface area (TPSA) is 38.7 Å². The van der Waals surface area contributed by atoms with Crippen molar-refractivity contribution in [3.05, 3.63) is 223 Å². The van der Waals surface area contributed by atoms with Gasteiger partial charge in [0.15, 0.2) is 5.82 Å². The van der Waals surface area contributed by atoms with E-state index in [9.17, 15) is 0 Å². The van der Waals surface area contributed by atoms with E-state index in [0.29, 0.717) is 5.82 Å². The van der Waals surface area contributed by atoms with Gasteiger partial charge in [-0.15, -0.1) is 0 Å². The van der Waals surface area contributed by atoms with Crippen LogP contribution < -0.4 is 0 Å². The van der Waals surface area contributed by atoms with Crippen LogP contribution in [-0.2, 0) is 5.41 Å². The molecule has 2 aromatic heterocycles. The summed E-state index contributed by atoms with van der Waals surface area (Å²) in [6, 6.07) is 67.9. The van der Waals surface area contributed by atoms with E-state index < -0.39 is 5.41 Å². The van der Waals surface area contributed by atoms with Gasteiger partial charge in [-0.2, -0.15) is 0 Å². The van der Waals surface area contributed by atoms with Gasteiger partial charge in [0, 0.05) is 29.1 Å². The lowest BCUT2D eigenvalue weighted by atomic mass is 9.65. The van der Waals surface area contributed by atoms with Crippen LogP contribution in [0.15, 0.2) is 200 Å². The van der Waals surface area contributed by atoms with Gasteiger partial charge in [-0.25, -0.2) is 9.97 Å². The SMILES string of the molecule is c1ccc(-c2cc(-c3ccc4c(c3)C3(c5ccccc5-c5ccccc5-4)c4ccccc4-c4ccccc43)nc(-c3ccc(-c4cccnc4)cc3)n2)cc1. The molecule has 55 heavy (non-hydrogen) atoms. The Bertz CT molecular complexity index is 2870. The summed E-state index contributed by atoms with van der Waals surface area (Å²) in [4.78, 5) is 14.8. The molecule has 0 amide bonds. The minimum atomic E-state index is -0.561. The van der Waals surface area contributed by atoms with Crippen molar-refractivity contribution in [2.24, 2.45) is 0 Å². The third kappa shape index (κ3) is 4.80. The minimum Gasteiger partial charge on any atom is -0.264 e. The third-order valence-electron chi connectivity index (χ3n) is 11.4. The highest BCUT2D eigenvalue weighted by atomic mass is 14.9. The molecular weight excluding hydrogens is 667 g/mol. The number of nitrogens with zero attached hydrogens (tertiary/aromatic N) is 3. The standard InChI is InChI=1S/C52H33N3/c1-2-13-35(14-3-1)49-32-50(55-51(54-49)36-26-24-34(25-27-36)38-15-12-30-53-33-38)37-28-29-44-40-17-5-4-16-39(40)41-18-6-9-21-45(41)52(48(44)31-37)46-22-10-7-19-42(46)43-20-8-11-23-47(43)52/h1-33H. The summed E-state index contributed by atoms with van der Waals surface area (Å²) in [5, 5.41) is 0. The van der Waals surface area contributed by atoms with Crippen LogP contribution >= 0.6 is 0 Å². The van der Waals surface area contributed by atoms with Gasteiger partial charge in [-0.1, -0.05) is 170 Å². The maximum Gasteiger partial charge on any atom is 0.160 e. The summed E-state index contributed by atoms with van der Waals surface area (Å²) in [6.45, 7) is 0. The van der Waals surface area contributed by atoms with E-state index >= 15 is 0 Å². The third-order valence-corrected chi connectivity index (χ3v) is 11.4. The zero-order chi connectivity index (χ0) is 36.3. The van der Waals surface area contributed by atoms with Crippen LogP contribution in [0.25, 0.3) is 78.4 Å². The largest absolute Gasteiger partial charge is 0.264 e. The molecule has 0 fully saturated rings. The van der Waals surface area contributed by atoms with Crippen molar-refractivity contribution >= 4 is 0 Å². The first-order valence-corrected chi connectivity index (χ1v) is 18.8. The molecule has 0 atom stereocenters. The summed E-state index contributed by atoms with van der Waals surface area (Å²) < 4.78 is 0. The van der Waals surface area contributed by atoms with E-state index in [1.54, 1.807) is 6.20 Å². The predicted molar refractivity (Wildman–Crippen MR) is 223 cm³/mol. The number of rotatable bonds is 4. The Morgan fingerprint density at radius 2 is 0.782 bits per heavy atom. The van der Waals surface area contributed by atoms with Gasteiger partial charge < -0.3 is 0 Å². The molecular formula is C52H33N3. The Balaban J connectivity index is 1.18. The van der Waals surface area contributed by atoms with Crippen molar-refractivity contribution in [3.8, 4) is 78.4 Å². The molecule has 3 nitrogen and oxygen atoms in total. The molecule has 2 aliphatic rings. The van der Waals surface area contributed by atoms with E-state index in [1.165, 1.54) is 55.6 Å². The van der Waals surface area contributed by atoms with Gasteiger partial charge in [0.2, 0.25) is 0 Å². The Morgan fingerprint density at radius 3 is 1.38 bits per heavy atom. The van der Waals surface area contributed by atoms with E-state index in [-0.39, 0.29) is 0 Å². The molecule has 1 spiro atoms. The number of pyridine rings is 1. The summed E-state index contributed by atoms with van der Waals surface area (Å²) >= 11 is 0. The zero-order valence-corrected chi connectivity index (χ0v) is 29.9. The minimum absolute atomic E-state index is 0.561. The number of benzene rings is 7. The van der Waals surface area contributed by atoms with Crippen LogP contribution in [0.4, 0.5) is 0 Å². The van der Waals surface area contributed by atoms with Crippen molar-refractivity contribution in [2.45, 2.75) is 5.41 Å². The molecule has 0 saturated carbocycles. The molecule has 11 rings (SSSR count). The Kier molecular flexibility index (Phi) is 7.08. The normalized spacial score (nSPS) is 12.9. The highest BCUT2D eigenvalue weighted by Gasteiger charge is 2.49. The van der Waals surface area contributed by atoms with E-state index in [0.717, 1.165) is 39.2 Å². The Hall–Kier alpha value is -7.23. The molecule has 0 radical (unpaired) electrons. The molecule has 7 aromatic carbocycles. The van der Waals surface area contributed by atoms with E-state index in [2.05, 4.69) is 181 Å². The Morgan fingerprint density at radius 1 is 0.309 bits per heavy atom. The number of fused-ring (bicyclic) bond motifs is 12. The smallest absolute Gasteiger partial charge is 0.160 e. The maximum absolute atomic E-state index is 5.34. The van der Waals surface area contributed by atoms with Crippen LogP contribution in [0.3, 0.4) is 0 Å². The highest BCUT2D eigenvalue weighted by Crippen LogP contribution is 2.61. The summed E-state index contributed by atoms with van der Waals surface area (Å²) in [7, 11) is 0. The predicted octanol–water partition coefficient (Wildman–Crippen LogP) is 12.6. The molecule has 0 aliphatic heterocycles. The molecule has 2 aliphatic carbocycles. The van der Waals surface area contributed by atoms with Crippen LogP contribution in [-0.4, -0.2) is 15.0 Å². The lowest BCUT2D eigenvalue weighted by Crippen LogP contribution is -2.29. The first kappa shape index (κ1) is 31.3. The molecule has 3 heteroatoms. The fourth-order valence-corrected chi connectivity index (χ4v) is 9.03. The fraction of sp³-hybridized carbons (Fsp3) is 0.0192. The highest BCUT2D eigenvalue weighted by molar-refractivity contribution is 5.98. The second kappa shape index (κ2) is 12.4. The fourth-order valence-electron chi connectivity index (χ4n) is 9.03. The van der Waals surface area contributed by atoms with Crippen LogP contribution in [0.5, 0.6) is 0 Å². The average molecular weight is 700 g/mol. The van der Waals surface area contributed by atoms with Gasteiger partial charge in [-0.3, -0.25) is 4.98 Å². The molecule has 9 aromatic rings. The summed E-state index contributed by atoms with van der Waals surface area (Å²) in [6.07, 6.45) is 3.69. The van der Waals surface area contributed by atoms with Crippen LogP contribution in [0, 0.1) is 0 Å². The summed E-state index contributed by atoms with van der Waals surface area (Å²) in [5.41, 5.74) is 19.1. The van der Waals surface area contributed by atoms with Gasteiger partial charge in [0.05, 0.1) is 16.8 Å². The van der Waals surface area contributed by atoms with Gasteiger partial charge in [-0.05, 0) is 85.0 Å². The number of aromatic nitrogens is 3. The number of hydrogen-bond acceptors (Lipinski definition) is 3. The maximum atomic E-state index is 5.34. The van der Waals surface area contributed by atoms with Crippen molar-refractivity contribution in [1.82, 2.24) is 15.0 Å². The van der Waals surface area contributed by atoms with E-state index in [1.807, 2.05) is 18.3 Å². The van der Waals surface area contributed by atoms with Gasteiger partial charge in [0.25, 0.3) is 0 Å². The van der Waals surface area contributed by atoms with Gasteiger partial charge >= 0.3 is 0 Å². The zero-order valence-electron chi connectivity index (χ0n) is 29.9. The Labute approximate surface area is 320 Å². The van der Waals surface area contributed by atoms with Gasteiger partial charge in [0.1, 0.15) is 0 Å². The van der Waals surface area contributed by atoms with Crippen LogP contribution in [0.2, 0.25) is 0 Å². The second-order valence-corrected chi connectivity index (χ2v) is 14.3. The first-order chi connectivity index (χ1) is 27.3. The molecule has 0 N–H and O–H groups in total.